The van der Waals surface area contributed by atoms with Crippen molar-refractivity contribution in [3.8, 4) is 0 Å². The Morgan fingerprint density at radius 1 is 1.19 bits per heavy atom. The summed E-state index contributed by atoms with van der Waals surface area (Å²) in [7, 11) is -3.57. The maximum Gasteiger partial charge on any atom is 0.240 e. The van der Waals surface area contributed by atoms with Crippen LogP contribution in [0.4, 0.5) is 5.69 Å². The smallest absolute Gasteiger partial charge is 0.240 e. The lowest BCUT2D eigenvalue weighted by molar-refractivity contribution is -0.116. The van der Waals surface area contributed by atoms with Crippen LogP contribution in [0.5, 0.6) is 0 Å². The Bertz CT molecular complexity index is 740. The van der Waals surface area contributed by atoms with Crippen LogP contribution in [0.1, 0.15) is 18.9 Å². The molecule has 1 fully saturated rings. The van der Waals surface area contributed by atoms with Gasteiger partial charge in [0.25, 0.3) is 0 Å². The summed E-state index contributed by atoms with van der Waals surface area (Å²) < 4.78 is 27.9. The van der Waals surface area contributed by atoms with Crippen LogP contribution in [-0.2, 0) is 21.2 Å². The van der Waals surface area contributed by atoms with E-state index in [1.807, 2.05) is 6.07 Å². The molecule has 2 aliphatic heterocycles. The van der Waals surface area contributed by atoms with Crippen molar-refractivity contribution in [1.29, 1.82) is 0 Å². The van der Waals surface area contributed by atoms with E-state index in [9.17, 15) is 13.2 Å². The minimum absolute atomic E-state index is 0. The molecule has 1 aromatic carbocycles. The first kappa shape index (κ1) is 24.1. The molecule has 2 heterocycles. The second-order valence-corrected chi connectivity index (χ2v) is 8.32. The summed E-state index contributed by atoms with van der Waals surface area (Å²) in [5, 5.41) is 3.28. The third kappa shape index (κ3) is 6.04. The summed E-state index contributed by atoms with van der Waals surface area (Å²) >= 11 is 0. The second kappa shape index (κ2) is 10.6. The molecular formula is C17H28Cl2N4O3S. The predicted molar refractivity (Wildman–Crippen MR) is 112 cm³/mol. The number of piperazine rings is 1. The molecule has 7 nitrogen and oxygen atoms in total. The highest BCUT2D eigenvalue weighted by Crippen LogP contribution is 2.29. The number of benzene rings is 1. The summed E-state index contributed by atoms with van der Waals surface area (Å²) in [4.78, 5) is 15.9. The van der Waals surface area contributed by atoms with Crippen LogP contribution >= 0.6 is 24.8 Å². The average molecular weight is 439 g/mol. The molecule has 0 radical (unpaired) electrons. The minimum atomic E-state index is -3.57. The fraction of sp³-hybridized carbons (Fsp3) is 0.588. The zero-order valence-electron chi connectivity index (χ0n) is 15.4. The maximum atomic E-state index is 12.6. The number of aryl methyl sites for hydroxylation is 1. The van der Waals surface area contributed by atoms with Gasteiger partial charge in [-0.3, -0.25) is 9.69 Å². The molecule has 27 heavy (non-hydrogen) atoms. The molecular weight excluding hydrogens is 411 g/mol. The number of halogens is 2. The number of anilines is 1. The van der Waals surface area contributed by atoms with E-state index in [1.165, 1.54) is 6.92 Å². The summed E-state index contributed by atoms with van der Waals surface area (Å²) in [5.41, 5.74) is 1.75. The molecule has 3 rings (SSSR count). The number of carbonyl (C=O) groups is 1. The zero-order chi connectivity index (χ0) is 17.9. The SMILES string of the molecule is CC(=O)N1CCCc2ccc(S(=O)(=O)NCCN3CCNCC3)cc21.Cl.Cl. The fourth-order valence-corrected chi connectivity index (χ4v) is 4.45. The third-order valence-electron chi connectivity index (χ3n) is 4.80. The molecule has 2 aliphatic rings. The fourth-order valence-electron chi connectivity index (χ4n) is 3.40. The standard InChI is InChI=1S/C17H26N4O3S.2ClH/c1-14(22)21-9-2-3-15-4-5-16(13-17(15)21)25(23,24)19-8-12-20-10-6-18-7-11-20;;/h4-5,13,18-19H,2-3,6-12H2,1H3;2*1H. The number of amides is 1. The van der Waals surface area contributed by atoms with Gasteiger partial charge in [0.05, 0.1) is 4.90 Å². The van der Waals surface area contributed by atoms with Crippen molar-refractivity contribution in [2.24, 2.45) is 0 Å². The third-order valence-corrected chi connectivity index (χ3v) is 6.25. The van der Waals surface area contributed by atoms with Gasteiger partial charge in [-0.2, -0.15) is 0 Å². The monoisotopic (exact) mass is 438 g/mol. The molecule has 0 unspecified atom stereocenters. The Kier molecular flexibility index (Phi) is 9.47. The second-order valence-electron chi connectivity index (χ2n) is 6.55. The zero-order valence-corrected chi connectivity index (χ0v) is 17.9. The number of hydrogen-bond acceptors (Lipinski definition) is 5. The van der Waals surface area contributed by atoms with Crippen LogP contribution in [0.2, 0.25) is 0 Å². The quantitative estimate of drug-likeness (QED) is 0.716. The van der Waals surface area contributed by atoms with Crippen LogP contribution in [0.25, 0.3) is 0 Å². The van der Waals surface area contributed by atoms with Crippen molar-refractivity contribution in [2.45, 2.75) is 24.7 Å². The predicted octanol–water partition coefficient (Wildman–Crippen LogP) is 1.01. The number of hydrogen-bond donors (Lipinski definition) is 2. The topological polar surface area (TPSA) is 81.8 Å². The van der Waals surface area contributed by atoms with Crippen LogP contribution in [0.15, 0.2) is 23.1 Å². The molecule has 154 valence electrons. The first-order valence-electron chi connectivity index (χ1n) is 8.81. The molecule has 0 spiro atoms. The van der Waals surface area contributed by atoms with Gasteiger partial charge in [-0.1, -0.05) is 6.07 Å². The minimum Gasteiger partial charge on any atom is -0.314 e. The number of sulfonamides is 1. The highest BCUT2D eigenvalue weighted by atomic mass is 35.5. The first-order chi connectivity index (χ1) is 12.0. The first-order valence-corrected chi connectivity index (χ1v) is 10.3. The number of rotatable bonds is 5. The van der Waals surface area contributed by atoms with Crippen molar-refractivity contribution in [3.63, 3.8) is 0 Å². The Balaban J connectivity index is 0.00000182. The van der Waals surface area contributed by atoms with Crippen LogP contribution in [-0.4, -0.2) is 65.0 Å². The number of nitrogens with one attached hydrogen (secondary N) is 2. The highest BCUT2D eigenvalue weighted by molar-refractivity contribution is 7.89. The van der Waals surface area contributed by atoms with Crippen LogP contribution in [0, 0.1) is 0 Å². The van der Waals surface area contributed by atoms with Crippen molar-refractivity contribution in [1.82, 2.24) is 14.9 Å². The van der Waals surface area contributed by atoms with E-state index in [2.05, 4.69) is 14.9 Å². The van der Waals surface area contributed by atoms with Gasteiger partial charge >= 0.3 is 0 Å². The molecule has 0 aliphatic carbocycles. The van der Waals surface area contributed by atoms with Crippen molar-refractivity contribution in [3.05, 3.63) is 23.8 Å². The summed E-state index contributed by atoms with van der Waals surface area (Å²) in [5.74, 6) is -0.0536. The van der Waals surface area contributed by atoms with E-state index in [-0.39, 0.29) is 35.6 Å². The van der Waals surface area contributed by atoms with Crippen molar-refractivity contribution >= 4 is 46.4 Å². The Labute approximate surface area is 173 Å². The van der Waals surface area contributed by atoms with Gasteiger partial charge in [-0.05, 0) is 30.5 Å². The van der Waals surface area contributed by atoms with Gasteiger partial charge in [-0.15, -0.1) is 24.8 Å². The van der Waals surface area contributed by atoms with Crippen molar-refractivity contribution < 1.29 is 13.2 Å². The van der Waals surface area contributed by atoms with Gasteiger partial charge in [0.2, 0.25) is 15.9 Å². The van der Waals surface area contributed by atoms with E-state index in [0.717, 1.165) is 50.3 Å². The molecule has 0 atom stereocenters. The molecule has 0 bridgehead atoms. The summed E-state index contributed by atoms with van der Waals surface area (Å²) in [6.07, 6.45) is 1.78. The van der Waals surface area contributed by atoms with E-state index in [0.29, 0.717) is 19.6 Å². The van der Waals surface area contributed by atoms with E-state index >= 15 is 0 Å². The van der Waals surface area contributed by atoms with E-state index in [1.54, 1.807) is 17.0 Å². The number of carbonyl (C=O) groups excluding carboxylic acids is 1. The normalized spacial score (nSPS) is 17.4. The van der Waals surface area contributed by atoms with Crippen LogP contribution in [0.3, 0.4) is 0 Å². The lowest BCUT2D eigenvalue weighted by Gasteiger charge is -2.29. The van der Waals surface area contributed by atoms with Gasteiger partial charge in [0, 0.05) is 58.4 Å². The lowest BCUT2D eigenvalue weighted by atomic mass is 10.0. The van der Waals surface area contributed by atoms with Gasteiger partial charge in [0.1, 0.15) is 0 Å². The Morgan fingerprint density at radius 2 is 1.89 bits per heavy atom. The van der Waals surface area contributed by atoms with Crippen LogP contribution < -0.4 is 14.9 Å². The highest BCUT2D eigenvalue weighted by Gasteiger charge is 2.23. The molecule has 0 aromatic heterocycles. The molecule has 2 N–H and O–H groups in total. The van der Waals surface area contributed by atoms with Gasteiger partial charge in [0.15, 0.2) is 0 Å². The lowest BCUT2D eigenvalue weighted by Crippen LogP contribution is -2.46. The molecule has 1 amide bonds. The molecule has 1 saturated heterocycles. The maximum absolute atomic E-state index is 12.6. The summed E-state index contributed by atoms with van der Waals surface area (Å²) in [6.45, 7) is 7.00. The Morgan fingerprint density at radius 3 is 2.56 bits per heavy atom. The van der Waals surface area contributed by atoms with E-state index < -0.39 is 10.0 Å². The average Bonchev–Trinajstić information content (AvgIpc) is 2.61. The largest absolute Gasteiger partial charge is 0.314 e. The number of fused-ring (bicyclic) bond motifs is 1. The Hall–Kier alpha value is -0.900. The number of nitrogens with zero attached hydrogens (tertiary/aromatic N) is 2. The van der Waals surface area contributed by atoms with Gasteiger partial charge < -0.3 is 10.2 Å². The molecule has 0 saturated carbocycles. The molecule has 10 heteroatoms. The summed E-state index contributed by atoms with van der Waals surface area (Å²) in [6, 6.07) is 5.09. The van der Waals surface area contributed by atoms with Gasteiger partial charge in [-0.25, -0.2) is 13.1 Å². The molecule has 1 aromatic rings. The van der Waals surface area contributed by atoms with Crippen molar-refractivity contribution in [2.75, 3.05) is 50.7 Å². The van der Waals surface area contributed by atoms with E-state index in [4.69, 9.17) is 0 Å².